The third-order valence-corrected chi connectivity index (χ3v) is 5.11. The Morgan fingerprint density at radius 1 is 1.00 bits per heavy atom. The molecule has 1 aromatic carbocycles. The molecule has 0 bridgehead atoms. The minimum absolute atomic E-state index is 0.0333. The molecule has 8 heteroatoms. The van der Waals surface area contributed by atoms with Crippen LogP contribution in [0, 0.1) is 0 Å². The standard InChI is InChI=1S/C20H20BrN5O2/c21-17-9-4-8-16(22-17)20(27)26-11-5-10-25(12-13-26)14-18-23-19(28-24-18)15-6-2-1-3-7-15/h1-4,6-9H,5,10-14H2. The molecule has 0 spiro atoms. The van der Waals surface area contributed by atoms with Crippen molar-refractivity contribution in [1.29, 1.82) is 0 Å². The van der Waals surface area contributed by atoms with Crippen LogP contribution in [-0.4, -0.2) is 57.0 Å². The molecule has 28 heavy (non-hydrogen) atoms. The van der Waals surface area contributed by atoms with Gasteiger partial charge in [-0.05, 0) is 46.6 Å². The second-order valence-electron chi connectivity index (χ2n) is 6.65. The predicted octanol–water partition coefficient (Wildman–Crippen LogP) is 3.24. The number of benzene rings is 1. The molecule has 0 aliphatic carbocycles. The second-order valence-corrected chi connectivity index (χ2v) is 7.46. The van der Waals surface area contributed by atoms with E-state index in [4.69, 9.17) is 4.52 Å². The fraction of sp³-hybridized carbons (Fsp3) is 0.300. The molecule has 2 aromatic heterocycles. The van der Waals surface area contributed by atoms with Gasteiger partial charge in [0.25, 0.3) is 11.8 Å². The van der Waals surface area contributed by atoms with Crippen LogP contribution in [0.25, 0.3) is 11.5 Å². The van der Waals surface area contributed by atoms with Crippen molar-refractivity contribution in [2.45, 2.75) is 13.0 Å². The topological polar surface area (TPSA) is 75.4 Å². The summed E-state index contributed by atoms with van der Waals surface area (Å²) < 4.78 is 6.05. The quantitative estimate of drug-likeness (QED) is 0.578. The Morgan fingerprint density at radius 3 is 2.68 bits per heavy atom. The molecule has 1 aliphatic rings. The molecule has 1 fully saturated rings. The maximum absolute atomic E-state index is 12.7. The van der Waals surface area contributed by atoms with Gasteiger partial charge in [-0.2, -0.15) is 4.98 Å². The molecule has 1 aliphatic heterocycles. The highest BCUT2D eigenvalue weighted by molar-refractivity contribution is 9.10. The first kappa shape index (κ1) is 18.8. The second kappa shape index (κ2) is 8.62. The largest absolute Gasteiger partial charge is 0.336 e. The molecule has 4 rings (SSSR count). The summed E-state index contributed by atoms with van der Waals surface area (Å²) in [5.74, 6) is 1.16. The van der Waals surface area contributed by atoms with Gasteiger partial charge in [0.1, 0.15) is 10.3 Å². The molecule has 0 unspecified atom stereocenters. The third-order valence-electron chi connectivity index (χ3n) is 4.66. The summed E-state index contributed by atoms with van der Waals surface area (Å²) >= 11 is 3.32. The van der Waals surface area contributed by atoms with E-state index in [1.54, 1.807) is 6.07 Å². The lowest BCUT2D eigenvalue weighted by atomic mass is 10.2. The SMILES string of the molecule is O=C(c1cccc(Br)n1)N1CCCN(Cc2noc(-c3ccccc3)n2)CC1. The van der Waals surface area contributed by atoms with Gasteiger partial charge in [-0.15, -0.1) is 0 Å². The van der Waals surface area contributed by atoms with Gasteiger partial charge in [-0.25, -0.2) is 4.98 Å². The lowest BCUT2D eigenvalue weighted by Gasteiger charge is -2.21. The number of rotatable bonds is 4. The Bertz CT molecular complexity index is 947. The van der Waals surface area contributed by atoms with Crippen LogP contribution in [0.15, 0.2) is 57.7 Å². The Balaban J connectivity index is 1.37. The Labute approximate surface area is 171 Å². The van der Waals surface area contributed by atoms with Gasteiger partial charge in [0, 0.05) is 31.7 Å². The van der Waals surface area contributed by atoms with Crippen molar-refractivity contribution in [1.82, 2.24) is 24.9 Å². The summed E-state index contributed by atoms with van der Waals surface area (Å²) in [6.45, 7) is 3.61. The van der Waals surface area contributed by atoms with Crippen LogP contribution in [0.1, 0.15) is 22.7 Å². The molecule has 1 amide bonds. The van der Waals surface area contributed by atoms with Crippen LogP contribution < -0.4 is 0 Å². The maximum atomic E-state index is 12.7. The predicted molar refractivity (Wildman–Crippen MR) is 107 cm³/mol. The number of aromatic nitrogens is 3. The molecule has 144 valence electrons. The van der Waals surface area contributed by atoms with E-state index >= 15 is 0 Å². The number of pyridine rings is 1. The zero-order valence-electron chi connectivity index (χ0n) is 15.3. The Hall–Kier alpha value is -2.58. The van der Waals surface area contributed by atoms with E-state index in [2.05, 4.69) is 36.0 Å². The van der Waals surface area contributed by atoms with Crippen molar-refractivity contribution in [3.05, 3.63) is 64.7 Å². The van der Waals surface area contributed by atoms with Crippen molar-refractivity contribution < 1.29 is 9.32 Å². The van der Waals surface area contributed by atoms with Gasteiger partial charge in [0.15, 0.2) is 5.82 Å². The Morgan fingerprint density at radius 2 is 1.86 bits per heavy atom. The number of hydrogen-bond acceptors (Lipinski definition) is 6. The first-order valence-corrected chi connectivity index (χ1v) is 10.0. The highest BCUT2D eigenvalue weighted by atomic mass is 79.9. The summed E-state index contributed by atoms with van der Waals surface area (Å²) in [6.07, 6.45) is 0.892. The van der Waals surface area contributed by atoms with E-state index in [9.17, 15) is 4.79 Å². The monoisotopic (exact) mass is 441 g/mol. The molecule has 0 saturated carbocycles. The first-order valence-electron chi connectivity index (χ1n) is 9.21. The average molecular weight is 442 g/mol. The summed E-state index contributed by atoms with van der Waals surface area (Å²) in [5, 5.41) is 4.11. The third kappa shape index (κ3) is 4.45. The molecule has 0 atom stereocenters. The minimum Gasteiger partial charge on any atom is -0.336 e. The summed E-state index contributed by atoms with van der Waals surface area (Å²) in [7, 11) is 0. The molecular weight excluding hydrogens is 422 g/mol. The first-order chi connectivity index (χ1) is 13.7. The van der Waals surface area contributed by atoms with Crippen molar-refractivity contribution >= 4 is 21.8 Å². The van der Waals surface area contributed by atoms with E-state index in [1.165, 1.54) is 0 Å². The van der Waals surface area contributed by atoms with Crippen molar-refractivity contribution in [3.63, 3.8) is 0 Å². The van der Waals surface area contributed by atoms with Crippen molar-refractivity contribution in [2.24, 2.45) is 0 Å². The van der Waals surface area contributed by atoms with Gasteiger partial charge in [0.2, 0.25) is 0 Å². The fourth-order valence-corrected chi connectivity index (χ4v) is 3.58. The van der Waals surface area contributed by atoms with Crippen LogP contribution in [0.5, 0.6) is 0 Å². The smallest absolute Gasteiger partial charge is 0.272 e. The lowest BCUT2D eigenvalue weighted by molar-refractivity contribution is 0.0755. The summed E-state index contributed by atoms with van der Waals surface area (Å²) in [5.41, 5.74) is 1.38. The van der Waals surface area contributed by atoms with Gasteiger partial charge >= 0.3 is 0 Å². The van der Waals surface area contributed by atoms with E-state index in [0.717, 1.165) is 25.1 Å². The zero-order chi connectivity index (χ0) is 19.3. The molecule has 7 nitrogen and oxygen atoms in total. The van der Waals surface area contributed by atoms with Gasteiger partial charge in [-0.3, -0.25) is 9.69 Å². The fourth-order valence-electron chi connectivity index (χ4n) is 3.24. The van der Waals surface area contributed by atoms with Crippen LogP contribution in [0.2, 0.25) is 0 Å². The summed E-state index contributed by atoms with van der Waals surface area (Å²) in [4.78, 5) is 25.6. The van der Waals surface area contributed by atoms with E-state index in [1.807, 2.05) is 47.4 Å². The van der Waals surface area contributed by atoms with E-state index in [-0.39, 0.29) is 5.91 Å². The molecule has 0 N–H and O–H groups in total. The minimum atomic E-state index is -0.0333. The molecule has 1 saturated heterocycles. The highest BCUT2D eigenvalue weighted by Crippen LogP contribution is 2.17. The number of hydrogen-bond donors (Lipinski definition) is 0. The molecule has 3 heterocycles. The number of halogens is 1. The van der Waals surface area contributed by atoms with Crippen LogP contribution in [0.3, 0.4) is 0 Å². The van der Waals surface area contributed by atoms with Gasteiger partial charge < -0.3 is 9.42 Å². The van der Waals surface area contributed by atoms with Crippen molar-refractivity contribution in [2.75, 3.05) is 26.2 Å². The van der Waals surface area contributed by atoms with Gasteiger partial charge in [-0.1, -0.05) is 29.4 Å². The van der Waals surface area contributed by atoms with E-state index in [0.29, 0.717) is 41.6 Å². The molecular formula is C20H20BrN5O2. The number of carbonyl (C=O) groups is 1. The number of carbonyl (C=O) groups excluding carboxylic acids is 1. The van der Waals surface area contributed by atoms with Crippen LogP contribution >= 0.6 is 15.9 Å². The average Bonchev–Trinajstić information content (AvgIpc) is 3.06. The summed E-state index contributed by atoms with van der Waals surface area (Å²) in [6, 6.07) is 15.1. The maximum Gasteiger partial charge on any atom is 0.272 e. The number of nitrogens with zero attached hydrogens (tertiary/aromatic N) is 5. The van der Waals surface area contributed by atoms with E-state index < -0.39 is 0 Å². The van der Waals surface area contributed by atoms with Crippen molar-refractivity contribution in [3.8, 4) is 11.5 Å². The van der Waals surface area contributed by atoms with Crippen LogP contribution in [0.4, 0.5) is 0 Å². The molecule has 0 radical (unpaired) electrons. The van der Waals surface area contributed by atoms with Crippen LogP contribution in [-0.2, 0) is 6.54 Å². The normalized spacial score (nSPS) is 15.4. The zero-order valence-corrected chi connectivity index (χ0v) is 16.9. The molecule has 3 aromatic rings. The highest BCUT2D eigenvalue weighted by Gasteiger charge is 2.22. The van der Waals surface area contributed by atoms with Gasteiger partial charge in [0.05, 0.1) is 6.54 Å². The number of amides is 1. The lowest BCUT2D eigenvalue weighted by Crippen LogP contribution is -2.35. The Kier molecular flexibility index (Phi) is 5.78.